The van der Waals surface area contributed by atoms with E-state index in [4.69, 9.17) is 4.74 Å². The fourth-order valence-electron chi connectivity index (χ4n) is 2.00. The second kappa shape index (κ2) is 5.28. The second-order valence-corrected chi connectivity index (χ2v) is 5.15. The number of hydrogen-bond donors (Lipinski definition) is 0. The van der Waals surface area contributed by atoms with Gasteiger partial charge in [-0.05, 0) is 29.1 Å². The van der Waals surface area contributed by atoms with Gasteiger partial charge < -0.3 is 9.30 Å². The van der Waals surface area contributed by atoms with Crippen LogP contribution in [0.2, 0.25) is 0 Å². The predicted octanol–water partition coefficient (Wildman–Crippen LogP) is 3.67. The third-order valence-corrected chi connectivity index (χ3v) is 3.83. The van der Waals surface area contributed by atoms with Crippen LogP contribution in [0.1, 0.15) is 5.56 Å². The average molecular weight is 270 g/mol. The molecule has 0 N–H and O–H groups in total. The Hall–Kier alpha value is -2.07. The molecule has 3 nitrogen and oxygen atoms in total. The molecule has 0 saturated heterocycles. The number of aromatic nitrogens is 2. The lowest BCUT2D eigenvalue weighted by atomic mass is 10.2. The lowest BCUT2D eigenvalue weighted by molar-refractivity contribution is 0.414. The summed E-state index contributed by atoms with van der Waals surface area (Å²) >= 11 is 1.71. The van der Waals surface area contributed by atoms with Crippen LogP contribution in [0.3, 0.4) is 0 Å². The van der Waals surface area contributed by atoms with Crippen LogP contribution in [0.5, 0.6) is 5.75 Å². The number of nitrogens with zero attached hydrogens (tertiary/aromatic N) is 2. The average Bonchev–Trinajstić information content (AvgIpc) is 3.10. The molecule has 0 atom stereocenters. The number of methoxy groups -OCH3 is 1. The summed E-state index contributed by atoms with van der Waals surface area (Å²) in [5.74, 6) is 1.90. The summed E-state index contributed by atoms with van der Waals surface area (Å²) in [5.41, 5.74) is 1.23. The fraction of sp³-hybridized carbons (Fsp3) is 0.133. The first-order chi connectivity index (χ1) is 9.36. The Morgan fingerprint density at radius 1 is 1.21 bits per heavy atom. The molecule has 0 aliphatic carbocycles. The van der Waals surface area contributed by atoms with Gasteiger partial charge in [0.25, 0.3) is 0 Å². The molecule has 0 spiro atoms. The molecule has 0 radical (unpaired) electrons. The van der Waals surface area contributed by atoms with Gasteiger partial charge in [-0.25, -0.2) is 4.98 Å². The zero-order valence-corrected chi connectivity index (χ0v) is 11.4. The molecule has 96 valence electrons. The molecule has 0 aliphatic rings. The Kier molecular flexibility index (Phi) is 3.33. The molecule has 2 aromatic heterocycles. The Balaban J connectivity index is 1.85. The van der Waals surface area contributed by atoms with Crippen LogP contribution < -0.4 is 4.74 Å². The van der Waals surface area contributed by atoms with Crippen molar-refractivity contribution in [3.8, 4) is 16.5 Å². The smallest absolute Gasteiger partial charge is 0.150 e. The molecule has 0 aliphatic heterocycles. The predicted molar refractivity (Wildman–Crippen MR) is 77.6 cm³/mol. The summed E-state index contributed by atoms with van der Waals surface area (Å²) in [7, 11) is 1.68. The highest BCUT2D eigenvalue weighted by molar-refractivity contribution is 7.13. The Labute approximate surface area is 116 Å². The highest BCUT2D eigenvalue weighted by atomic mass is 32.1. The lowest BCUT2D eigenvalue weighted by Crippen LogP contribution is -2.00. The maximum absolute atomic E-state index is 5.17. The quantitative estimate of drug-likeness (QED) is 0.723. The van der Waals surface area contributed by atoms with Crippen molar-refractivity contribution >= 4 is 11.3 Å². The normalized spacial score (nSPS) is 10.6. The van der Waals surface area contributed by atoms with Crippen molar-refractivity contribution in [2.75, 3.05) is 7.11 Å². The Morgan fingerprint density at radius 3 is 2.74 bits per heavy atom. The van der Waals surface area contributed by atoms with Crippen molar-refractivity contribution in [3.63, 3.8) is 0 Å². The van der Waals surface area contributed by atoms with Gasteiger partial charge in [0.2, 0.25) is 0 Å². The van der Waals surface area contributed by atoms with E-state index in [1.807, 2.05) is 30.6 Å². The van der Waals surface area contributed by atoms with E-state index in [9.17, 15) is 0 Å². The van der Waals surface area contributed by atoms with Gasteiger partial charge in [-0.15, -0.1) is 11.3 Å². The van der Waals surface area contributed by atoms with E-state index >= 15 is 0 Å². The molecule has 3 rings (SSSR count). The molecule has 1 aromatic carbocycles. The van der Waals surface area contributed by atoms with Crippen LogP contribution in [0.4, 0.5) is 0 Å². The molecule has 19 heavy (non-hydrogen) atoms. The number of imidazole rings is 1. The maximum Gasteiger partial charge on any atom is 0.150 e. The van der Waals surface area contributed by atoms with E-state index in [-0.39, 0.29) is 0 Å². The first-order valence-corrected chi connectivity index (χ1v) is 6.93. The summed E-state index contributed by atoms with van der Waals surface area (Å²) in [6.07, 6.45) is 3.86. The maximum atomic E-state index is 5.17. The van der Waals surface area contributed by atoms with E-state index in [0.29, 0.717) is 0 Å². The van der Waals surface area contributed by atoms with Crippen LogP contribution in [-0.4, -0.2) is 16.7 Å². The number of ether oxygens (including phenoxy) is 1. The molecule has 0 saturated carbocycles. The van der Waals surface area contributed by atoms with E-state index in [0.717, 1.165) is 18.1 Å². The molecular weight excluding hydrogens is 256 g/mol. The lowest BCUT2D eigenvalue weighted by Gasteiger charge is -2.07. The van der Waals surface area contributed by atoms with Gasteiger partial charge in [0.05, 0.1) is 12.0 Å². The van der Waals surface area contributed by atoms with Crippen molar-refractivity contribution in [2.24, 2.45) is 0 Å². The van der Waals surface area contributed by atoms with Crippen LogP contribution in [0.15, 0.2) is 54.2 Å². The van der Waals surface area contributed by atoms with Crippen LogP contribution >= 0.6 is 11.3 Å². The minimum absolute atomic E-state index is 0.817. The van der Waals surface area contributed by atoms with Crippen molar-refractivity contribution < 1.29 is 4.74 Å². The zero-order valence-electron chi connectivity index (χ0n) is 10.6. The zero-order chi connectivity index (χ0) is 13.1. The van der Waals surface area contributed by atoms with Crippen LogP contribution in [-0.2, 0) is 6.54 Å². The molecule has 4 heteroatoms. The topological polar surface area (TPSA) is 27.1 Å². The summed E-state index contributed by atoms with van der Waals surface area (Å²) < 4.78 is 7.33. The molecule has 2 heterocycles. The third-order valence-electron chi connectivity index (χ3n) is 2.97. The highest BCUT2D eigenvalue weighted by Gasteiger charge is 2.07. The first kappa shape index (κ1) is 12.0. The van der Waals surface area contributed by atoms with Crippen molar-refractivity contribution in [1.29, 1.82) is 0 Å². The molecular formula is C15H14N2OS. The number of thiophene rings is 1. The number of rotatable bonds is 4. The van der Waals surface area contributed by atoms with Gasteiger partial charge >= 0.3 is 0 Å². The number of hydrogen-bond acceptors (Lipinski definition) is 3. The number of benzene rings is 1. The molecule has 3 aromatic rings. The van der Waals surface area contributed by atoms with Gasteiger partial charge in [0, 0.05) is 18.9 Å². The Morgan fingerprint density at radius 2 is 2.05 bits per heavy atom. The van der Waals surface area contributed by atoms with Crippen LogP contribution in [0.25, 0.3) is 10.7 Å². The minimum Gasteiger partial charge on any atom is -0.497 e. The molecule has 0 fully saturated rings. The summed E-state index contributed by atoms with van der Waals surface area (Å²) in [6.45, 7) is 0.817. The van der Waals surface area contributed by atoms with Crippen molar-refractivity contribution in [2.45, 2.75) is 6.54 Å². The standard InChI is InChI=1S/C15H14N2OS/c1-18-13-6-4-12(5-7-13)11-17-9-8-16-15(17)14-3-2-10-19-14/h2-10H,11H2,1H3. The van der Waals surface area contributed by atoms with Gasteiger partial charge in [-0.3, -0.25) is 0 Å². The summed E-state index contributed by atoms with van der Waals surface area (Å²) in [6, 6.07) is 12.3. The van der Waals surface area contributed by atoms with Gasteiger partial charge in [-0.1, -0.05) is 18.2 Å². The van der Waals surface area contributed by atoms with Gasteiger partial charge in [-0.2, -0.15) is 0 Å². The van der Waals surface area contributed by atoms with Crippen LogP contribution in [0, 0.1) is 0 Å². The monoisotopic (exact) mass is 270 g/mol. The van der Waals surface area contributed by atoms with E-state index in [1.54, 1.807) is 18.4 Å². The highest BCUT2D eigenvalue weighted by Crippen LogP contribution is 2.23. The first-order valence-electron chi connectivity index (χ1n) is 6.05. The Bertz CT molecular complexity index is 641. The fourth-order valence-corrected chi connectivity index (χ4v) is 2.73. The van der Waals surface area contributed by atoms with E-state index in [1.165, 1.54) is 10.4 Å². The largest absolute Gasteiger partial charge is 0.497 e. The minimum atomic E-state index is 0.817. The molecule has 0 unspecified atom stereocenters. The SMILES string of the molecule is COc1ccc(Cn2ccnc2-c2cccs2)cc1. The van der Waals surface area contributed by atoms with E-state index < -0.39 is 0 Å². The molecule has 0 amide bonds. The summed E-state index contributed by atoms with van der Waals surface area (Å²) in [4.78, 5) is 5.63. The van der Waals surface area contributed by atoms with E-state index in [2.05, 4.69) is 33.1 Å². The van der Waals surface area contributed by atoms with Gasteiger partial charge in [0.1, 0.15) is 11.6 Å². The third kappa shape index (κ3) is 2.53. The van der Waals surface area contributed by atoms with Crippen molar-refractivity contribution in [1.82, 2.24) is 9.55 Å². The summed E-state index contributed by atoms with van der Waals surface area (Å²) in [5, 5.41) is 2.07. The van der Waals surface area contributed by atoms with Gasteiger partial charge in [0.15, 0.2) is 0 Å². The van der Waals surface area contributed by atoms with Crippen molar-refractivity contribution in [3.05, 3.63) is 59.7 Å². The second-order valence-electron chi connectivity index (χ2n) is 4.20. The molecule has 0 bridgehead atoms.